The molecule has 4 aromatic rings. The highest BCUT2D eigenvalue weighted by Crippen LogP contribution is 2.41. The molecule has 0 aliphatic carbocycles. The predicted octanol–water partition coefficient (Wildman–Crippen LogP) is 4.10. The SMILES string of the molecule is CC[C@@H]1c2nncn2-c2c(C)nc(-c3cn[nH]c3-c3ccccc3)nc2N1C(C)C. The quantitative estimate of drug-likeness (QED) is 0.555. The van der Waals surface area contributed by atoms with Gasteiger partial charge >= 0.3 is 0 Å². The molecule has 0 bridgehead atoms. The number of nitrogens with one attached hydrogen (secondary N) is 1. The predicted molar refractivity (Wildman–Crippen MR) is 115 cm³/mol. The normalized spacial score (nSPS) is 15.4. The van der Waals surface area contributed by atoms with Crippen LogP contribution in [0.2, 0.25) is 0 Å². The topological polar surface area (TPSA) is 88.4 Å². The fourth-order valence-electron chi connectivity index (χ4n) is 4.31. The number of aromatic nitrogens is 7. The van der Waals surface area contributed by atoms with Crippen LogP contribution in [0.1, 0.15) is 44.8 Å². The number of anilines is 1. The molecule has 1 atom stereocenters. The van der Waals surface area contributed by atoms with Crippen molar-refractivity contribution in [1.82, 2.24) is 34.9 Å². The lowest BCUT2D eigenvalue weighted by atomic mass is 10.0. The summed E-state index contributed by atoms with van der Waals surface area (Å²) in [5.74, 6) is 2.51. The van der Waals surface area contributed by atoms with Crippen LogP contribution in [-0.4, -0.2) is 41.0 Å². The number of rotatable bonds is 4. The fourth-order valence-corrected chi connectivity index (χ4v) is 4.31. The first-order valence-electron chi connectivity index (χ1n) is 10.3. The Balaban J connectivity index is 1.73. The van der Waals surface area contributed by atoms with Gasteiger partial charge < -0.3 is 4.90 Å². The molecule has 1 aliphatic rings. The van der Waals surface area contributed by atoms with E-state index in [1.807, 2.05) is 29.7 Å². The Bertz CT molecular complexity index is 1190. The molecular formula is C22H24N8. The molecule has 0 radical (unpaired) electrons. The van der Waals surface area contributed by atoms with Gasteiger partial charge in [-0.1, -0.05) is 37.3 Å². The van der Waals surface area contributed by atoms with E-state index in [4.69, 9.17) is 9.97 Å². The molecule has 1 N–H and O–H groups in total. The number of aromatic amines is 1. The van der Waals surface area contributed by atoms with E-state index in [2.05, 4.69) is 58.2 Å². The minimum atomic E-state index is 0.111. The van der Waals surface area contributed by atoms with Crippen molar-refractivity contribution >= 4 is 5.82 Å². The Morgan fingerprint density at radius 2 is 1.93 bits per heavy atom. The lowest BCUT2D eigenvalue weighted by molar-refractivity contribution is 0.497. The number of benzene rings is 1. The maximum Gasteiger partial charge on any atom is 0.165 e. The summed E-state index contributed by atoms with van der Waals surface area (Å²) in [6, 6.07) is 10.5. The van der Waals surface area contributed by atoms with Gasteiger partial charge in [0.2, 0.25) is 0 Å². The summed E-state index contributed by atoms with van der Waals surface area (Å²) in [7, 11) is 0. The number of H-pyrrole nitrogens is 1. The van der Waals surface area contributed by atoms with E-state index in [0.717, 1.165) is 46.3 Å². The van der Waals surface area contributed by atoms with Crippen molar-refractivity contribution in [3.8, 4) is 28.3 Å². The average Bonchev–Trinajstić information content (AvgIpc) is 3.42. The van der Waals surface area contributed by atoms with E-state index < -0.39 is 0 Å². The molecule has 30 heavy (non-hydrogen) atoms. The Morgan fingerprint density at radius 1 is 1.13 bits per heavy atom. The number of hydrogen-bond acceptors (Lipinski definition) is 6. The first-order valence-corrected chi connectivity index (χ1v) is 10.3. The highest BCUT2D eigenvalue weighted by Gasteiger charge is 2.36. The van der Waals surface area contributed by atoms with Crippen molar-refractivity contribution in [2.75, 3.05) is 4.90 Å². The van der Waals surface area contributed by atoms with Crippen molar-refractivity contribution in [2.24, 2.45) is 0 Å². The second-order valence-corrected chi connectivity index (χ2v) is 7.81. The van der Waals surface area contributed by atoms with Crippen LogP contribution in [0, 0.1) is 6.92 Å². The zero-order valence-electron chi connectivity index (χ0n) is 17.5. The summed E-state index contributed by atoms with van der Waals surface area (Å²) in [5, 5.41) is 16.0. The molecule has 5 rings (SSSR count). The minimum Gasteiger partial charge on any atom is -0.342 e. The highest BCUT2D eigenvalue weighted by atomic mass is 15.4. The molecule has 4 heterocycles. The Labute approximate surface area is 175 Å². The summed E-state index contributed by atoms with van der Waals surface area (Å²) >= 11 is 0. The third-order valence-corrected chi connectivity index (χ3v) is 5.62. The van der Waals surface area contributed by atoms with E-state index in [0.29, 0.717) is 5.82 Å². The van der Waals surface area contributed by atoms with E-state index in [9.17, 15) is 0 Å². The number of nitrogens with zero attached hydrogens (tertiary/aromatic N) is 7. The third kappa shape index (κ3) is 2.71. The maximum absolute atomic E-state index is 5.06. The molecule has 0 spiro atoms. The summed E-state index contributed by atoms with van der Waals surface area (Å²) in [6.45, 7) is 8.55. The summed E-state index contributed by atoms with van der Waals surface area (Å²) in [5.41, 5.74) is 4.69. The van der Waals surface area contributed by atoms with Crippen LogP contribution in [0.4, 0.5) is 5.82 Å². The third-order valence-electron chi connectivity index (χ3n) is 5.62. The molecule has 1 aliphatic heterocycles. The standard InChI is InChI=1S/C22H24N8/c1-5-17-21-28-24-12-29(21)19-14(4)25-20(26-22(19)30(17)13(2)3)16-11-23-27-18(16)15-9-7-6-8-10-15/h6-13,17H,5H2,1-4H3,(H,23,27)/t17-/m1/s1. The van der Waals surface area contributed by atoms with Crippen LogP contribution >= 0.6 is 0 Å². The molecule has 8 nitrogen and oxygen atoms in total. The lowest BCUT2D eigenvalue weighted by Gasteiger charge is -2.40. The lowest BCUT2D eigenvalue weighted by Crippen LogP contribution is -2.40. The van der Waals surface area contributed by atoms with Gasteiger partial charge in [-0.2, -0.15) is 5.10 Å². The molecule has 152 valence electrons. The first-order chi connectivity index (χ1) is 14.6. The molecule has 0 unspecified atom stereocenters. The van der Waals surface area contributed by atoms with E-state index in [-0.39, 0.29) is 12.1 Å². The largest absolute Gasteiger partial charge is 0.342 e. The molecule has 3 aromatic heterocycles. The van der Waals surface area contributed by atoms with Gasteiger partial charge in [0.1, 0.15) is 12.0 Å². The number of hydrogen-bond donors (Lipinski definition) is 1. The van der Waals surface area contributed by atoms with E-state index in [1.165, 1.54) is 0 Å². The molecule has 8 heteroatoms. The number of fused-ring (bicyclic) bond motifs is 3. The van der Waals surface area contributed by atoms with Gasteiger partial charge in [0.25, 0.3) is 0 Å². The van der Waals surface area contributed by atoms with Crippen LogP contribution in [0.15, 0.2) is 42.9 Å². The monoisotopic (exact) mass is 400 g/mol. The summed E-state index contributed by atoms with van der Waals surface area (Å²) < 4.78 is 2.04. The Morgan fingerprint density at radius 3 is 2.67 bits per heavy atom. The van der Waals surface area contributed by atoms with Gasteiger partial charge in [0, 0.05) is 11.6 Å². The Kier molecular flexibility index (Phi) is 4.34. The van der Waals surface area contributed by atoms with Crippen LogP contribution in [0.5, 0.6) is 0 Å². The van der Waals surface area contributed by atoms with Crippen LogP contribution in [0.25, 0.3) is 28.3 Å². The van der Waals surface area contributed by atoms with Gasteiger partial charge in [0.05, 0.1) is 29.2 Å². The average molecular weight is 400 g/mol. The number of aryl methyl sites for hydroxylation is 1. The second-order valence-electron chi connectivity index (χ2n) is 7.81. The summed E-state index contributed by atoms with van der Waals surface area (Å²) in [6.07, 6.45) is 4.47. The van der Waals surface area contributed by atoms with Gasteiger partial charge in [-0.3, -0.25) is 9.67 Å². The fraction of sp³-hybridized carbons (Fsp3) is 0.318. The van der Waals surface area contributed by atoms with Crippen molar-refractivity contribution in [1.29, 1.82) is 0 Å². The summed E-state index contributed by atoms with van der Waals surface area (Å²) in [4.78, 5) is 12.3. The molecule has 0 amide bonds. The van der Waals surface area contributed by atoms with Gasteiger partial charge in [-0.15, -0.1) is 10.2 Å². The van der Waals surface area contributed by atoms with Crippen molar-refractivity contribution < 1.29 is 0 Å². The van der Waals surface area contributed by atoms with Crippen LogP contribution in [-0.2, 0) is 0 Å². The zero-order chi connectivity index (χ0) is 20.8. The smallest absolute Gasteiger partial charge is 0.165 e. The zero-order valence-corrected chi connectivity index (χ0v) is 17.5. The second kappa shape index (κ2) is 7.05. The van der Waals surface area contributed by atoms with Crippen LogP contribution in [0.3, 0.4) is 0 Å². The highest BCUT2D eigenvalue weighted by molar-refractivity contribution is 5.78. The van der Waals surface area contributed by atoms with Gasteiger partial charge in [0.15, 0.2) is 17.5 Å². The van der Waals surface area contributed by atoms with E-state index >= 15 is 0 Å². The van der Waals surface area contributed by atoms with Crippen LogP contribution < -0.4 is 4.90 Å². The molecular weight excluding hydrogens is 376 g/mol. The molecule has 0 saturated heterocycles. The van der Waals surface area contributed by atoms with Crippen molar-refractivity contribution in [3.63, 3.8) is 0 Å². The molecule has 0 saturated carbocycles. The molecule has 0 fully saturated rings. The van der Waals surface area contributed by atoms with Gasteiger partial charge in [-0.05, 0) is 27.2 Å². The van der Waals surface area contributed by atoms with E-state index in [1.54, 1.807) is 12.5 Å². The Hall–Kier alpha value is -3.55. The van der Waals surface area contributed by atoms with Crippen molar-refractivity contribution in [3.05, 3.63) is 54.4 Å². The van der Waals surface area contributed by atoms with Crippen molar-refractivity contribution in [2.45, 2.75) is 46.2 Å². The van der Waals surface area contributed by atoms with Gasteiger partial charge in [-0.25, -0.2) is 9.97 Å². The first kappa shape index (κ1) is 18.5. The minimum absolute atomic E-state index is 0.111. The molecule has 1 aromatic carbocycles. The maximum atomic E-state index is 5.06.